The first-order valence-electron chi connectivity index (χ1n) is 8.22. The average molecular weight is 357 g/mol. The van der Waals surface area contributed by atoms with Gasteiger partial charge in [0.25, 0.3) is 5.91 Å². The van der Waals surface area contributed by atoms with Crippen LogP contribution in [0.4, 0.5) is 0 Å². The number of methoxy groups -OCH3 is 1. The number of carboxylic acid groups (broad SMARTS) is 1. The van der Waals surface area contributed by atoms with Gasteiger partial charge in [0.1, 0.15) is 5.75 Å². The Morgan fingerprint density at radius 3 is 2.27 bits per heavy atom. The van der Waals surface area contributed by atoms with Gasteiger partial charge in [-0.15, -0.1) is 0 Å². The van der Waals surface area contributed by atoms with Crippen LogP contribution in [0.25, 0.3) is 0 Å². The molecule has 0 heterocycles. The number of carbonyl (C=O) groups excluding carboxylic acids is 1. The van der Waals surface area contributed by atoms with Gasteiger partial charge in [0.05, 0.1) is 6.61 Å². The Bertz CT molecular complexity index is 778. The number of rotatable bonds is 8. The number of aryl methyl sites for hydroxylation is 2. The molecule has 0 fully saturated rings. The Kier molecular flexibility index (Phi) is 6.74. The minimum atomic E-state index is -1.04. The lowest BCUT2D eigenvalue weighted by molar-refractivity contribution is -0.139. The van der Waals surface area contributed by atoms with Crippen LogP contribution in [0.5, 0.6) is 5.75 Å². The Hall–Kier alpha value is -2.86. The molecule has 6 nitrogen and oxygen atoms in total. The molecule has 0 unspecified atom stereocenters. The molecule has 138 valence electrons. The van der Waals surface area contributed by atoms with Crippen LogP contribution in [-0.2, 0) is 22.7 Å². The first-order valence-corrected chi connectivity index (χ1v) is 8.22. The maximum Gasteiger partial charge on any atom is 0.341 e. The van der Waals surface area contributed by atoms with Gasteiger partial charge in [-0.1, -0.05) is 24.3 Å². The van der Waals surface area contributed by atoms with Crippen LogP contribution < -0.4 is 10.1 Å². The molecule has 0 aromatic heterocycles. The van der Waals surface area contributed by atoms with Gasteiger partial charge in [0.15, 0.2) is 6.61 Å². The zero-order valence-electron chi connectivity index (χ0n) is 15.2. The van der Waals surface area contributed by atoms with Crippen LogP contribution in [-0.4, -0.2) is 30.7 Å². The summed E-state index contributed by atoms with van der Waals surface area (Å²) in [5.74, 6) is -0.747. The van der Waals surface area contributed by atoms with E-state index in [4.69, 9.17) is 14.6 Å². The van der Waals surface area contributed by atoms with Gasteiger partial charge < -0.3 is 19.9 Å². The Labute approximate surface area is 152 Å². The Morgan fingerprint density at radius 2 is 1.69 bits per heavy atom. The molecule has 0 saturated carbocycles. The van der Waals surface area contributed by atoms with Gasteiger partial charge in [-0.3, -0.25) is 4.79 Å². The van der Waals surface area contributed by atoms with E-state index >= 15 is 0 Å². The fourth-order valence-electron chi connectivity index (χ4n) is 2.75. The highest BCUT2D eigenvalue weighted by molar-refractivity contribution is 5.94. The monoisotopic (exact) mass is 357 g/mol. The quantitative estimate of drug-likeness (QED) is 0.759. The Morgan fingerprint density at radius 1 is 1.08 bits per heavy atom. The highest BCUT2D eigenvalue weighted by atomic mass is 16.5. The third-order valence-corrected chi connectivity index (χ3v) is 3.92. The van der Waals surface area contributed by atoms with Crippen molar-refractivity contribution in [3.05, 3.63) is 64.2 Å². The van der Waals surface area contributed by atoms with Crippen molar-refractivity contribution in [2.45, 2.75) is 27.0 Å². The summed E-state index contributed by atoms with van der Waals surface area (Å²) in [6.07, 6.45) is 0. The van der Waals surface area contributed by atoms with E-state index < -0.39 is 12.6 Å². The van der Waals surface area contributed by atoms with Crippen LogP contribution in [0.1, 0.15) is 32.6 Å². The lowest BCUT2D eigenvalue weighted by Crippen LogP contribution is -2.24. The largest absolute Gasteiger partial charge is 0.481 e. The average Bonchev–Trinajstić information content (AvgIpc) is 2.60. The zero-order chi connectivity index (χ0) is 19.1. The van der Waals surface area contributed by atoms with E-state index in [-0.39, 0.29) is 5.91 Å². The van der Waals surface area contributed by atoms with Crippen LogP contribution in [0.2, 0.25) is 0 Å². The highest BCUT2D eigenvalue weighted by Gasteiger charge is 2.13. The number of carboxylic acids is 1. The summed E-state index contributed by atoms with van der Waals surface area (Å²) in [4.78, 5) is 23.2. The molecule has 0 saturated heterocycles. The molecule has 6 heteroatoms. The summed E-state index contributed by atoms with van der Waals surface area (Å²) in [5.41, 5.74) is 3.97. The van der Waals surface area contributed by atoms with Crippen molar-refractivity contribution in [2.24, 2.45) is 0 Å². The number of carbonyl (C=O) groups is 2. The van der Waals surface area contributed by atoms with Gasteiger partial charge in [-0.05, 0) is 48.2 Å². The van der Waals surface area contributed by atoms with Crippen LogP contribution in [0.3, 0.4) is 0 Å². The second-order valence-electron chi connectivity index (χ2n) is 6.01. The molecule has 2 N–H and O–H groups in total. The van der Waals surface area contributed by atoms with E-state index in [1.54, 1.807) is 33.1 Å². The number of ether oxygens (including phenoxy) is 2. The lowest BCUT2D eigenvalue weighted by Gasteiger charge is -2.14. The summed E-state index contributed by atoms with van der Waals surface area (Å²) in [5, 5.41) is 11.6. The standard InChI is InChI=1S/C20H23NO5/c1-13-8-17(9-14(2)19(13)26-12-18(22)23)20(24)21-10-15-6-4-5-7-16(15)11-25-3/h4-9H,10-12H2,1-3H3,(H,21,24)(H,22,23). The van der Waals surface area contributed by atoms with Gasteiger partial charge in [-0.25, -0.2) is 4.79 Å². The maximum atomic E-state index is 12.5. The third kappa shape index (κ3) is 5.07. The predicted octanol–water partition coefficient (Wildman–Crippen LogP) is 2.84. The van der Waals surface area contributed by atoms with Gasteiger partial charge >= 0.3 is 5.97 Å². The fraction of sp³-hybridized carbons (Fsp3) is 0.300. The summed E-state index contributed by atoms with van der Waals surface area (Å²) in [6, 6.07) is 11.2. The number of amides is 1. The van der Waals surface area contributed by atoms with Crippen molar-refractivity contribution >= 4 is 11.9 Å². The van der Waals surface area contributed by atoms with E-state index in [2.05, 4.69) is 5.32 Å². The zero-order valence-corrected chi connectivity index (χ0v) is 15.2. The second-order valence-corrected chi connectivity index (χ2v) is 6.01. The molecule has 0 spiro atoms. The van der Waals surface area contributed by atoms with Crippen molar-refractivity contribution in [3.8, 4) is 5.75 Å². The normalized spacial score (nSPS) is 10.4. The maximum absolute atomic E-state index is 12.5. The number of nitrogens with one attached hydrogen (secondary N) is 1. The molecule has 0 atom stereocenters. The van der Waals surface area contributed by atoms with Crippen molar-refractivity contribution < 1.29 is 24.2 Å². The number of hydrogen-bond acceptors (Lipinski definition) is 4. The molecule has 2 aromatic carbocycles. The molecule has 0 bridgehead atoms. The first-order chi connectivity index (χ1) is 12.4. The smallest absolute Gasteiger partial charge is 0.341 e. The third-order valence-electron chi connectivity index (χ3n) is 3.92. The number of aliphatic carboxylic acids is 1. The van der Waals surface area contributed by atoms with Gasteiger partial charge in [-0.2, -0.15) is 0 Å². The number of hydrogen-bond donors (Lipinski definition) is 2. The minimum Gasteiger partial charge on any atom is -0.481 e. The fourth-order valence-corrected chi connectivity index (χ4v) is 2.75. The van der Waals surface area contributed by atoms with Crippen molar-refractivity contribution in [1.29, 1.82) is 0 Å². The minimum absolute atomic E-state index is 0.201. The first kappa shape index (κ1) is 19.5. The SMILES string of the molecule is COCc1ccccc1CNC(=O)c1cc(C)c(OCC(=O)O)c(C)c1. The van der Waals surface area contributed by atoms with E-state index in [0.717, 1.165) is 22.3 Å². The van der Waals surface area contributed by atoms with Crippen LogP contribution in [0, 0.1) is 13.8 Å². The molecule has 1 amide bonds. The van der Waals surface area contributed by atoms with Crippen LogP contribution >= 0.6 is 0 Å². The van der Waals surface area contributed by atoms with Crippen molar-refractivity contribution in [3.63, 3.8) is 0 Å². The molecule has 26 heavy (non-hydrogen) atoms. The molecular weight excluding hydrogens is 334 g/mol. The van der Waals surface area contributed by atoms with Crippen molar-refractivity contribution in [1.82, 2.24) is 5.32 Å². The summed E-state index contributed by atoms with van der Waals surface area (Å²) < 4.78 is 10.5. The molecule has 2 rings (SSSR count). The van der Waals surface area contributed by atoms with Crippen LogP contribution in [0.15, 0.2) is 36.4 Å². The molecule has 0 radical (unpaired) electrons. The summed E-state index contributed by atoms with van der Waals surface area (Å²) in [7, 11) is 1.63. The lowest BCUT2D eigenvalue weighted by atomic mass is 10.0. The van der Waals surface area contributed by atoms with Crippen molar-refractivity contribution in [2.75, 3.05) is 13.7 Å². The highest BCUT2D eigenvalue weighted by Crippen LogP contribution is 2.25. The molecular formula is C20H23NO5. The Balaban J connectivity index is 2.09. The summed E-state index contributed by atoms with van der Waals surface area (Å²) >= 11 is 0. The van der Waals surface area contributed by atoms with E-state index in [1.165, 1.54) is 0 Å². The van der Waals surface area contributed by atoms with Gasteiger partial charge in [0, 0.05) is 19.2 Å². The number of benzene rings is 2. The van der Waals surface area contributed by atoms with E-state index in [9.17, 15) is 9.59 Å². The van der Waals surface area contributed by atoms with E-state index in [0.29, 0.717) is 24.5 Å². The molecule has 0 aliphatic rings. The molecule has 2 aromatic rings. The predicted molar refractivity (Wildman–Crippen MR) is 97.4 cm³/mol. The van der Waals surface area contributed by atoms with E-state index in [1.807, 2.05) is 24.3 Å². The summed E-state index contributed by atoms with van der Waals surface area (Å²) in [6.45, 7) is 4.04. The second kappa shape index (κ2) is 9.01. The molecule has 0 aliphatic carbocycles. The van der Waals surface area contributed by atoms with Gasteiger partial charge in [0.2, 0.25) is 0 Å². The topological polar surface area (TPSA) is 84.9 Å². The molecule has 0 aliphatic heterocycles.